The molecule has 1 unspecified atom stereocenters. The predicted octanol–water partition coefficient (Wildman–Crippen LogP) is 0.130. The highest BCUT2D eigenvalue weighted by molar-refractivity contribution is 7.81. The summed E-state index contributed by atoms with van der Waals surface area (Å²) >= 11 is 0. The molecule has 0 aliphatic heterocycles. The Bertz CT molecular complexity index is 619. The number of hydrogen-bond acceptors (Lipinski definition) is 6. The number of aliphatic hydroxyl groups is 1. The van der Waals surface area contributed by atoms with Crippen LogP contribution in [0.1, 0.15) is 15.8 Å². The summed E-state index contributed by atoms with van der Waals surface area (Å²) in [6.07, 6.45) is -2.67. The fourth-order valence-electron chi connectivity index (χ4n) is 1.19. The van der Waals surface area contributed by atoms with E-state index in [9.17, 15) is 13.5 Å². The van der Waals surface area contributed by atoms with E-state index in [-0.39, 0.29) is 17.1 Å². The molecule has 1 aromatic carbocycles. The molecule has 3 N–H and O–H groups in total. The number of hydrogen-bond donors (Lipinski definition) is 3. The molecule has 0 saturated carbocycles. The average Bonchev–Trinajstić information content (AvgIpc) is 2.36. The number of ether oxygens (including phenoxy) is 1. The Morgan fingerprint density at radius 2 is 2.22 bits per heavy atom. The standard InChI is InChI=1S/C10H15NO6S/c1-11-6-8(12)7-3-4-9(10(5-7)16-2)17-18(13,14)15/h3-5,8,11-12H,6H2,1-2H3,(H,13,14,15)/i6D2,8D. The second-order valence-electron chi connectivity index (χ2n) is 3.10. The zero-order chi connectivity index (χ0) is 16.5. The van der Waals surface area contributed by atoms with Crippen molar-refractivity contribution >= 4 is 10.4 Å². The zero-order valence-electron chi connectivity index (χ0n) is 12.7. The van der Waals surface area contributed by atoms with E-state index in [0.717, 1.165) is 18.2 Å². The Morgan fingerprint density at radius 1 is 1.56 bits per heavy atom. The van der Waals surface area contributed by atoms with E-state index in [1.54, 1.807) is 0 Å². The van der Waals surface area contributed by atoms with Gasteiger partial charge >= 0.3 is 10.4 Å². The third kappa shape index (κ3) is 4.15. The van der Waals surface area contributed by atoms with Gasteiger partial charge in [-0.25, -0.2) is 0 Å². The minimum Gasteiger partial charge on any atom is -0.493 e. The lowest BCUT2D eigenvalue weighted by Gasteiger charge is -2.13. The molecule has 102 valence electrons. The number of benzene rings is 1. The molecule has 1 rings (SSSR count). The van der Waals surface area contributed by atoms with Crippen LogP contribution in [-0.2, 0) is 10.4 Å². The Hall–Kier alpha value is -1.35. The molecular weight excluding hydrogens is 262 g/mol. The van der Waals surface area contributed by atoms with Crippen LogP contribution in [0.4, 0.5) is 0 Å². The Labute approximate surface area is 110 Å². The van der Waals surface area contributed by atoms with Crippen LogP contribution in [0.3, 0.4) is 0 Å². The van der Waals surface area contributed by atoms with Crippen molar-refractivity contribution < 1.29 is 31.1 Å². The quantitative estimate of drug-likeness (QED) is 0.636. The van der Waals surface area contributed by atoms with Crippen molar-refractivity contribution in [3.8, 4) is 11.5 Å². The van der Waals surface area contributed by atoms with E-state index in [1.165, 1.54) is 14.2 Å². The molecule has 8 heteroatoms. The molecule has 0 aromatic heterocycles. The summed E-state index contributed by atoms with van der Waals surface area (Å²) in [6, 6.07) is 3.13. The molecule has 1 atom stereocenters. The lowest BCUT2D eigenvalue weighted by molar-refractivity contribution is 0.177. The summed E-state index contributed by atoms with van der Waals surface area (Å²) in [5.74, 6) is -0.577. The van der Waals surface area contributed by atoms with Gasteiger partial charge in [0.05, 0.1) is 14.6 Å². The fraction of sp³-hybridized carbons (Fsp3) is 0.400. The first-order chi connectivity index (χ1) is 9.44. The van der Waals surface area contributed by atoms with Gasteiger partial charge in [-0.3, -0.25) is 4.55 Å². The number of nitrogens with one attached hydrogen (secondary N) is 1. The summed E-state index contributed by atoms with van der Waals surface area (Å²) in [6.45, 7) is -2.48. The highest BCUT2D eigenvalue weighted by Crippen LogP contribution is 2.31. The lowest BCUT2D eigenvalue weighted by Crippen LogP contribution is -2.16. The topological polar surface area (TPSA) is 105 Å². The first-order valence-electron chi connectivity index (χ1n) is 6.21. The first-order valence-corrected chi connectivity index (χ1v) is 6.08. The summed E-state index contributed by atoms with van der Waals surface area (Å²) in [5, 5.41) is 12.2. The summed E-state index contributed by atoms with van der Waals surface area (Å²) in [7, 11) is -2.37. The van der Waals surface area contributed by atoms with Crippen molar-refractivity contribution in [3.05, 3.63) is 23.8 Å². The van der Waals surface area contributed by atoms with Gasteiger partial charge in [-0.15, -0.1) is 0 Å². The Morgan fingerprint density at radius 3 is 2.72 bits per heavy atom. The van der Waals surface area contributed by atoms with Crippen molar-refractivity contribution in [3.63, 3.8) is 0 Å². The third-order valence-electron chi connectivity index (χ3n) is 1.88. The van der Waals surface area contributed by atoms with Gasteiger partial charge in [0.2, 0.25) is 0 Å². The fourth-order valence-corrected chi connectivity index (χ4v) is 1.55. The SMILES string of the molecule is [2H]C([2H])(NC)C([2H])(O)c1ccc(OS(=O)(=O)O)c(OC)c1. The molecule has 0 aliphatic rings. The van der Waals surface area contributed by atoms with Gasteiger partial charge in [0.25, 0.3) is 0 Å². The van der Waals surface area contributed by atoms with Crippen LogP contribution in [0.25, 0.3) is 0 Å². The minimum absolute atomic E-state index is 0.206. The van der Waals surface area contributed by atoms with Crippen LogP contribution in [-0.4, -0.2) is 38.7 Å². The second kappa shape index (κ2) is 6.01. The van der Waals surface area contributed by atoms with Crippen LogP contribution in [0, 0.1) is 0 Å². The van der Waals surface area contributed by atoms with Gasteiger partial charge in [0.15, 0.2) is 11.5 Å². The normalized spacial score (nSPS) is 18.1. The van der Waals surface area contributed by atoms with Gasteiger partial charge in [0.1, 0.15) is 0 Å². The zero-order valence-corrected chi connectivity index (χ0v) is 10.5. The molecule has 0 radical (unpaired) electrons. The highest BCUT2D eigenvalue weighted by Gasteiger charge is 2.15. The number of methoxy groups -OCH3 is 1. The van der Waals surface area contributed by atoms with E-state index in [1.807, 2.05) is 0 Å². The highest BCUT2D eigenvalue weighted by atomic mass is 32.3. The number of rotatable bonds is 6. The predicted molar refractivity (Wildman–Crippen MR) is 64.1 cm³/mol. The van der Waals surface area contributed by atoms with Gasteiger partial charge in [-0.1, -0.05) is 6.07 Å². The molecule has 1 aromatic rings. The molecule has 0 amide bonds. The van der Waals surface area contributed by atoms with Gasteiger partial charge in [-0.05, 0) is 24.7 Å². The summed E-state index contributed by atoms with van der Waals surface area (Å²) in [4.78, 5) is 0. The van der Waals surface area contributed by atoms with Crippen LogP contribution in [0.2, 0.25) is 0 Å². The van der Waals surface area contributed by atoms with E-state index in [4.69, 9.17) is 13.4 Å². The summed E-state index contributed by atoms with van der Waals surface area (Å²) in [5.41, 5.74) is -0.207. The van der Waals surface area contributed by atoms with Crippen molar-refractivity contribution in [2.45, 2.75) is 6.08 Å². The summed E-state index contributed by atoms with van der Waals surface area (Å²) < 4.78 is 61.9. The molecule has 0 aliphatic carbocycles. The molecular formula is C10H15NO6S. The molecule has 0 heterocycles. The van der Waals surface area contributed by atoms with Crippen LogP contribution in [0.15, 0.2) is 18.2 Å². The Balaban J connectivity index is 3.31. The molecule has 0 bridgehead atoms. The van der Waals surface area contributed by atoms with E-state index >= 15 is 0 Å². The van der Waals surface area contributed by atoms with Crippen LogP contribution >= 0.6 is 0 Å². The van der Waals surface area contributed by atoms with E-state index in [0.29, 0.717) is 0 Å². The monoisotopic (exact) mass is 280 g/mol. The molecule has 18 heavy (non-hydrogen) atoms. The van der Waals surface area contributed by atoms with E-state index in [2.05, 4.69) is 9.50 Å². The smallest absolute Gasteiger partial charge is 0.446 e. The van der Waals surface area contributed by atoms with Crippen molar-refractivity contribution in [1.29, 1.82) is 0 Å². The van der Waals surface area contributed by atoms with Gasteiger partial charge < -0.3 is 19.3 Å². The average molecular weight is 280 g/mol. The maximum Gasteiger partial charge on any atom is 0.446 e. The van der Waals surface area contributed by atoms with Crippen molar-refractivity contribution in [1.82, 2.24) is 5.32 Å². The first kappa shape index (κ1) is 10.6. The largest absolute Gasteiger partial charge is 0.493 e. The van der Waals surface area contributed by atoms with Crippen LogP contribution < -0.4 is 14.2 Å². The lowest BCUT2D eigenvalue weighted by atomic mass is 10.1. The van der Waals surface area contributed by atoms with E-state index < -0.39 is 23.0 Å². The van der Waals surface area contributed by atoms with Crippen molar-refractivity contribution in [2.24, 2.45) is 0 Å². The van der Waals surface area contributed by atoms with Gasteiger partial charge in [0, 0.05) is 9.24 Å². The maximum absolute atomic E-state index is 10.7. The Kier molecular flexibility index (Phi) is 3.52. The minimum atomic E-state index is -4.77. The number of likely N-dealkylation sites (N-methyl/N-ethyl adjacent to an activating group) is 1. The molecule has 0 fully saturated rings. The maximum atomic E-state index is 10.7. The van der Waals surface area contributed by atoms with Crippen LogP contribution in [0.5, 0.6) is 11.5 Å². The third-order valence-corrected chi connectivity index (χ3v) is 2.27. The molecule has 7 nitrogen and oxygen atoms in total. The molecule has 0 saturated heterocycles. The molecule has 0 spiro atoms. The van der Waals surface area contributed by atoms with Gasteiger partial charge in [-0.2, -0.15) is 8.42 Å². The second-order valence-corrected chi connectivity index (χ2v) is 4.12. The van der Waals surface area contributed by atoms with Crippen molar-refractivity contribution in [2.75, 3.05) is 20.7 Å².